The maximum absolute atomic E-state index is 12.4. The molecule has 0 atom stereocenters. The van der Waals surface area contributed by atoms with Crippen LogP contribution in [0.5, 0.6) is 0 Å². The highest BCUT2D eigenvalue weighted by Crippen LogP contribution is 2.36. The molecular weight excluding hydrogens is 344 g/mol. The number of carbonyl (C=O) groups excluding carboxylic acids is 2. The number of ketones is 2. The average Bonchev–Trinajstić information content (AvgIpc) is 2.57. The number of hydrogen-bond acceptors (Lipinski definition) is 2. The lowest BCUT2D eigenvalue weighted by Gasteiger charge is -2.27. The predicted octanol–water partition coefficient (Wildman–Crippen LogP) is 6.21. The molecule has 0 N–H and O–H groups in total. The van der Waals surface area contributed by atoms with E-state index in [4.69, 9.17) is 0 Å². The first kappa shape index (κ1) is 22.1. The van der Waals surface area contributed by atoms with E-state index in [0.717, 1.165) is 11.1 Å². The van der Waals surface area contributed by atoms with Gasteiger partial charge < -0.3 is 0 Å². The van der Waals surface area contributed by atoms with Crippen LogP contribution in [0.1, 0.15) is 83.6 Å². The second kappa shape index (κ2) is 8.03. The summed E-state index contributed by atoms with van der Waals surface area (Å²) in [4.78, 5) is 24.8. The molecule has 0 aliphatic rings. The highest BCUT2D eigenvalue weighted by atomic mass is 16.1. The molecule has 0 bridgehead atoms. The van der Waals surface area contributed by atoms with Crippen molar-refractivity contribution >= 4 is 11.6 Å². The van der Waals surface area contributed by atoms with Crippen LogP contribution < -0.4 is 0 Å². The van der Waals surface area contributed by atoms with E-state index in [1.165, 1.54) is 25.0 Å². The summed E-state index contributed by atoms with van der Waals surface area (Å²) >= 11 is 0. The van der Waals surface area contributed by atoms with Crippen molar-refractivity contribution in [2.45, 2.75) is 72.1 Å². The van der Waals surface area contributed by atoms with Crippen molar-refractivity contribution in [3.63, 3.8) is 0 Å². The number of hydrogen-bond donors (Lipinski definition) is 0. The van der Waals surface area contributed by atoms with E-state index in [9.17, 15) is 9.59 Å². The normalized spacial score (nSPS) is 12.5. The summed E-state index contributed by atoms with van der Waals surface area (Å²) in [6.07, 6.45) is 0. The third kappa shape index (κ3) is 4.98. The van der Waals surface area contributed by atoms with E-state index in [-0.39, 0.29) is 28.3 Å². The van der Waals surface area contributed by atoms with E-state index in [2.05, 4.69) is 90.1 Å². The minimum Gasteiger partial charge on any atom is -0.299 e. The smallest absolute Gasteiger partial charge is 0.141 e. The van der Waals surface area contributed by atoms with Gasteiger partial charge in [0.2, 0.25) is 0 Å². The van der Waals surface area contributed by atoms with E-state index in [1.54, 1.807) is 0 Å². The Bertz CT molecular complexity index is 756. The molecule has 0 heterocycles. The van der Waals surface area contributed by atoms with Crippen LogP contribution in [0, 0.1) is 5.92 Å². The molecule has 0 radical (unpaired) electrons. The molecule has 0 unspecified atom stereocenters. The fraction of sp³-hybridized carbons (Fsp3) is 0.462. The Morgan fingerprint density at radius 2 is 0.893 bits per heavy atom. The highest BCUT2D eigenvalue weighted by Gasteiger charge is 2.32. The van der Waals surface area contributed by atoms with Gasteiger partial charge in [-0.15, -0.1) is 0 Å². The summed E-state index contributed by atoms with van der Waals surface area (Å²) in [5.74, 6) is -1.10. The van der Waals surface area contributed by atoms with Crippen LogP contribution in [-0.2, 0) is 20.4 Å². The van der Waals surface area contributed by atoms with Crippen LogP contribution in [0.4, 0.5) is 0 Å². The SMILES string of the molecule is CC(=O)C(C(C)=O)C(c1ccc(C(C)(C)C)cc1)c1ccc(C(C)(C)C)cc1. The number of rotatable bonds is 5. The largest absolute Gasteiger partial charge is 0.299 e. The van der Waals surface area contributed by atoms with E-state index in [1.807, 2.05) is 0 Å². The van der Waals surface area contributed by atoms with Gasteiger partial charge in [0.1, 0.15) is 11.6 Å². The number of benzene rings is 2. The molecule has 2 aromatic carbocycles. The van der Waals surface area contributed by atoms with Crippen molar-refractivity contribution in [1.29, 1.82) is 0 Å². The topological polar surface area (TPSA) is 34.1 Å². The quantitative estimate of drug-likeness (QED) is 0.580. The van der Waals surface area contributed by atoms with Crippen LogP contribution >= 0.6 is 0 Å². The van der Waals surface area contributed by atoms with Crippen molar-refractivity contribution in [1.82, 2.24) is 0 Å². The molecule has 0 aliphatic carbocycles. The second-order valence-electron chi connectivity index (χ2n) is 9.92. The number of Topliss-reactive ketones (excluding diaryl/α,β-unsaturated/α-hetero) is 2. The Balaban J connectivity index is 2.57. The molecule has 150 valence electrons. The molecule has 0 spiro atoms. The number of carbonyl (C=O) groups is 2. The van der Waals surface area contributed by atoms with Gasteiger partial charge in [0.25, 0.3) is 0 Å². The van der Waals surface area contributed by atoms with E-state index in [0.29, 0.717) is 0 Å². The van der Waals surface area contributed by atoms with E-state index < -0.39 is 5.92 Å². The first-order valence-corrected chi connectivity index (χ1v) is 10.0. The Hall–Kier alpha value is -2.22. The zero-order valence-electron chi connectivity index (χ0n) is 18.6. The van der Waals surface area contributed by atoms with Gasteiger partial charge in [-0.05, 0) is 46.9 Å². The maximum atomic E-state index is 12.4. The Morgan fingerprint density at radius 1 is 0.607 bits per heavy atom. The summed E-state index contributed by atoms with van der Waals surface area (Å²) < 4.78 is 0. The molecule has 2 rings (SSSR count). The minimum atomic E-state index is -0.666. The maximum Gasteiger partial charge on any atom is 0.141 e. The average molecular weight is 379 g/mol. The molecule has 28 heavy (non-hydrogen) atoms. The molecule has 0 saturated heterocycles. The van der Waals surface area contributed by atoms with Crippen molar-refractivity contribution in [2.75, 3.05) is 0 Å². The standard InChI is InChI=1S/C26H34O2/c1-17(27)23(18(2)28)24(19-9-13-21(14-10-19)25(3,4)5)20-11-15-22(16-12-20)26(6,7)8/h9-16,23-24H,1-8H3. The first-order chi connectivity index (χ1) is 12.8. The lowest BCUT2D eigenvalue weighted by Crippen LogP contribution is -2.28. The van der Waals surface area contributed by atoms with Crippen LogP contribution in [0.2, 0.25) is 0 Å². The van der Waals surface area contributed by atoms with Gasteiger partial charge in [-0.2, -0.15) is 0 Å². The third-order valence-electron chi connectivity index (χ3n) is 5.48. The van der Waals surface area contributed by atoms with Crippen LogP contribution in [0.15, 0.2) is 48.5 Å². The monoisotopic (exact) mass is 378 g/mol. The summed E-state index contributed by atoms with van der Waals surface area (Å²) in [6, 6.07) is 16.7. The van der Waals surface area contributed by atoms with Gasteiger partial charge in [0, 0.05) is 5.92 Å². The Labute approximate surface area is 170 Å². The fourth-order valence-corrected chi connectivity index (χ4v) is 3.71. The second-order valence-corrected chi connectivity index (χ2v) is 9.92. The lowest BCUT2D eigenvalue weighted by molar-refractivity contribution is -0.130. The van der Waals surface area contributed by atoms with Crippen molar-refractivity contribution in [3.8, 4) is 0 Å². The van der Waals surface area contributed by atoms with Gasteiger partial charge >= 0.3 is 0 Å². The molecule has 2 heteroatoms. The summed E-state index contributed by atoms with van der Waals surface area (Å²) in [5.41, 5.74) is 4.60. The zero-order chi connectivity index (χ0) is 21.3. The first-order valence-electron chi connectivity index (χ1n) is 10.0. The van der Waals surface area contributed by atoms with Crippen molar-refractivity contribution < 1.29 is 9.59 Å². The van der Waals surface area contributed by atoms with Gasteiger partial charge in [-0.25, -0.2) is 0 Å². The summed E-state index contributed by atoms with van der Waals surface area (Å²) in [6.45, 7) is 16.1. The molecule has 0 fully saturated rings. The Kier molecular flexibility index (Phi) is 6.33. The minimum absolute atomic E-state index is 0.0585. The fourth-order valence-electron chi connectivity index (χ4n) is 3.71. The molecule has 0 aliphatic heterocycles. The molecule has 2 nitrogen and oxygen atoms in total. The van der Waals surface area contributed by atoms with Crippen LogP contribution in [0.25, 0.3) is 0 Å². The van der Waals surface area contributed by atoms with Crippen molar-refractivity contribution in [3.05, 3.63) is 70.8 Å². The molecule has 0 amide bonds. The highest BCUT2D eigenvalue weighted by molar-refractivity contribution is 6.01. The van der Waals surface area contributed by atoms with Crippen LogP contribution in [0.3, 0.4) is 0 Å². The molecule has 2 aromatic rings. The van der Waals surface area contributed by atoms with E-state index >= 15 is 0 Å². The summed E-state index contributed by atoms with van der Waals surface area (Å²) in [5, 5.41) is 0. The summed E-state index contributed by atoms with van der Waals surface area (Å²) in [7, 11) is 0. The van der Waals surface area contributed by atoms with Gasteiger partial charge in [-0.1, -0.05) is 90.1 Å². The Morgan fingerprint density at radius 3 is 1.11 bits per heavy atom. The molecule has 0 aromatic heterocycles. The predicted molar refractivity (Wildman–Crippen MR) is 117 cm³/mol. The van der Waals surface area contributed by atoms with Gasteiger partial charge in [0.15, 0.2) is 0 Å². The van der Waals surface area contributed by atoms with Gasteiger partial charge in [0.05, 0.1) is 5.92 Å². The third-order valence-corrected chi connectivity index (χ3v) is 5.48. The van der Waals surface area contributed by atoms with Gasteiger partial charge in [-0.3, -0.25) is 9.59 Å². The lowest BCUT2D eigenvalue weighted by atomic mass is 9.75. The molecule has 0 saturated carbocycles. The van der Waals surface area contributed by atoms with Crippen molar-refractivity contribution in [2.24, 2.45) is 5.92 Å². The van der Waals surface area contributed by atoms with Crippen LogP contribution in [-0.4, -0.2) is 11.6 Å². The zero-order valence-corrected chi connectivity index (χ0v) is 18.6. The molecular formula is C26H34O2.